The molecule has 4 nitrogen and oxygen atoms in total. The predicted molar refractivity (Wildman–Crippen MR) is 77.4 cm³/mol. The van der Waals surface area contributed by atoms with Crippen molar-refractivity contribution in [3.8, 4) is 0 Å². The Morgan fingerprint density at radius 2 is 2.05 bits per heavy atom. The molecule has 1 atom stereocenters. The van der Waals surface area contributed by atoms with Gasteiger partial charge in [-0.05, 0) is 30.7 Å². The molecule has 1 aliphatic rings. The highest BCUT2D eigenvalue weighted by atomic mass is 35.5. The summed E-state index contributed by atoms with van der Waals surface area (Å²) in [5.41, 5.74) is 0. The Morgan fingerprint density at radius 1 is 1.37 bits per heavy atom. The van der Waals surface area contributed by atoms with Crippen molar-refractivity contribution in [2.45, 2.75) is 17.4 Å². The van der Waals surface area contributed by atoms with E-state index in [1.54, 1.807) is 12.1 Å². The molecule has 104 valence electrons. The normalized spacial score (nSPS) is 21.2. The van der Waals surface area contributed by atoms with Crippen molar-refractivity contribution in [3.05, 3.63) is 29.3 Å². The first-order valence-electron chi connectivity index (χ1n) is 5.83. The van der Waals surface area contributed by atoms with Crippen LogP contribution < -0.4 is 5.32 Å². The standard InChI is InChI=1S/C12H14ClNO3S2/c13-9-1-3-11(4-2-9)18-7-12(15)14-10-5-6-19(16,17)8-10/h1-4,10H,5-8H2,(H,14,15)/t10-/m0/s1. The molecule has 0 unspecified atom stereocenters. The Kier molecular flexibility index (Phi) is 4.76. The second-order valence-electron chi connectivity index (χ2n) is 4.41. The van der Waals surface area contributed by atoms with E-state index in [-0.39, 0.29) is 29.2 Å². The third-order valence-corrected chi connectivity index (χ3v) is 5.81. The van der Waals surface area contributed by atoms with Crippen molar-refractivity contribution in [1.29, 1.82) is 0 Å². The van der Waals surface area contributed by atoms with Gasteiger partial charge in [0.05, 0.1) is 17.3 Å². The van der Waals surface area contributed by atoms with Crippen LogP contribution in [0, 0.1) is 0 Å². The fourth-order valence-electron chi connectivity index (χ4n) is 1.86. The minimum Gasteiger partial charge on any atom is -0.352 e. The first kappa shape index (κ1) is 14.7. The van der Waals surface area contributed by atoms with Crippen LogP contribution in [0.2, 0.25) is 5.02 Å². The van der Waals surface area contributed by atoms with Gasteiger partial charge in [-0.15, -0.1) is 11.8 Å². The number of benzene rings is 1. The van der Waals surface area contributed by atoms with E-state index in [4.69, 9.17) is 11.6 Å². The monoisotopic (exact) mass is 319 g/mol. The number of nitrogens with one attached hydrogen (secondary N) is 1. The lowest BCUT2D eigenvalue weighted by atomic mass is 10.3. The number of halogens is 1. The van der Waals surface area contributed by atoms with Gasteiger partial charge in [-0.25, -0.2) is 8.42 Å². The zero-order valence-corrected chi connectivity index (χ0v) is 12.5. The Balaban J connectivity index is 1.77. The molecule has 1 amide bonds. The number of sulfone groups is 1. The highest BCUT2D eigenvalue weighted by Gasteiger charge is 2.28. The van der Waals surface area contributed by atoms with Crippen LogP contribution in [0.4, 0.5) is 0 Å². The molecule has 1 aromatic carbocycles. The van der Waals surface area contributed by atoms with Crippen molar-refractivity contribution < 1.29 is 13.2 Å². The average molecular weight is 320 g/mol. The summed E-state index contributed by atoms with van der Waals surface area (Å²) >= 11 is 7.17. The fraction of sp³-hybridized carbons (Fsp3) is 0.417. The maximum absolute atomic E-state index is 11.7. The molecule has 1 saturated heterocycles. The van der Waals surface area contributed by atoms with Crippen molar-refractivity contribution in [3.63, 3.8) is 0 Å². The van der Waals surface area contributed by atoms with E-state index < -0.39 is 9.84 Å². The molecule has 0 aliphatic carbocycles. The molecule has 7 heteroatoms. The summed E-state index contributed by atoms with van der Waals surface area (Å²) in [6.07, 6.45) is 0.514. The first-order chi connectivity index (χ1) is 8.94. The summed E-state index contributed by atoms with van der Waals surface area (Å²) in [5, 5.41) is 3.41. The molecule has 1 heterocycles. The molecule has 2 rings (SSSR count). The number of carbonyl (C=O) groups excluding carboxylic acids is 1. The summed E-state index contributed by atoms with van der Waals surface area (Å²) in [6.45, 7) is 0. The molecule has 19 heavy (non-hydrogen) atoms. The van der Waals surface area contributed by atoms with Crippen molar-refractivity contribution in [2.75, 3.05) is 17.3 Å². The lowest BCUT2D eigenvalue weighted by Crippen LogP contribution is -2.36. The van der Waals surface area contributed by atoms with E-state index in [1.165, 1.54) is 11.8 Å². The molecule has 1 aliphatic heterocycles. The largest absolute Gasteiger partial charge is 0.352 e. The van der Waals surface area contributed by atoms with E-state index >= 15 is 0 Å². The summed E-state index contributed by atoms with van der Waals surface area (Å²) in [4.78, 5) is 12.7. The first-order valence-corrected chi connectivity index (χ1v) is 9.01. The molecule has 0 saturated carbocycles. The SMILES string of the molecule is O=C(CSc1ccc(Cl)cc1)N[C@H]1CCS(=O)(=O)C1. The second-order valence-corrected chi connectivity index (χ2v) is 8.12. The lowest BCUT2D eigenvalue weighted by Gasteiger charge is -2.10. The van der Waals surface area contributed by atoms with E-state index in [2.05, 4.69) is 5.32 Å². The van der Waals surface area contributed by atoms with Crippen LogP contribution in [-0.2, 0) is 14.6 Å². The van der Waals surface area contributed by atoms with Crippen molar-refractivity contribution in [1.82, 2.24) is 5.32 Å². The average Bonchev–Trinajstić information content (AvgIpc) is 2.68. The molecule has 0 aromatic heterocycles. The predicted octanol–water partition coefficient (Wildman–Crippen LogP) is 1.74. The summed E-state index contributed by atoms with van der Waals surface area (Å²) < 4.78 is 22.5. The van der Waals surface area contributed by atoms with Crippen LogP contribution in [0.15, 0.2) is 29.2 Å². The minimum absolute atomic E-state index is 0.0599. The van der Waals surface area contributed by atoms with Crippen LogP contribution >= 0.6 is 23.4 Å². The number of hydrogen-bond acceptors (Lipinski definition) is 4. The van der Waals surface area contributed by atoms with Gasteiger partial charge in [0.15, 0.2) is 9.84 Å². The molecular formula is C12H14ClNO3S2. The summed E-state index contributed by atoms with van der Waals surface area (Å²) in [5.74, 6) is 0.368. The van der Waals surface area contributed by atoms with Gasteiger partial charge < -0.3 is 5.32 Å². The van der Waals surface area contributed by atoms with Gasteiger partial charge in [0.1, 0.15) is 0 Å². The van der Waals surface area contributed by atoms with Gasteiger partial charge in [-0.2, -0.15) is 0 Å². The maximum atomic E-state index is 11.7. The molecule has 1 aromatic rings. The van der Waals surface area contributed by atoms with E-state index in [0.717, 1.165) is 4.90 Å². The molecule has 0 radical (unpaired) electrons. The third kappa shape index (κ3) is 4.71. The van der Waals surface area contributed by atoms with Gasteiger partial charge >= 0.3 is 0 Å². The molecule has 0 bridgehead atoms. The smallest absolute Gasteiger partial charge is 0.230 e. The Hall–Kier alpha value is -0.720. The number of hydrogen-bond donors (Lipinski definition) is 1. The Labute approximate surface area is 121 Å². The molecule has 1 fully saturated rings. The van der Waals surface area contributed by atoms with Crippen molar-refractivity contribution >= 4 is 39.1 Å². The van der Waals surface area contributed by atoms with Gasteiger partial charge in [0.25, 0.3) is 0 Å². The van der Waals surface area contributed by atoms with Gasteiger partial charge in [0, 0.05) is 16.0 Å². The van der Waals surface area contributed by atoms with Gasteiger partial charge in [-0.1, -0.05) is 11.6 Å². The van der Waals surface area contributed by atoms with Crippen LogP contribution in [-0.4, -0.2) is 37.6 Å². The topological polar surface area (TPSA) is 63.2 Å². The van der Waals surface area contributed by atoms with Crippen LogP contribution in [0.5, 0.6) is 0 Å². The maximum Gasteiger partial charge on any atom is 0.230 e. The Morgan fingerprint density at radius 3 is 2.63 bits per heavy atom. The van der Waals surface area contributed by atoms with Crippen molar-refractivity contribution in [2.24, 2.45) is 0 Å². The summed E-state index contributed by atoms with van der Waals surface area (Å²) in [6, 6.07) is 7.00. The number of rotatable bonds is 4. The molecular weight excluding hydrogens is 306 g/mol. The number of carbonyl (C=O) groups is 1. The highest BCUT2D eigenvalue weighted by Crippen LogP contribution is 2.20. The molecule has 1 N–H and O–H groups in total. The van der Waals surface area contributed by atoms with E-state index in [0.29, 0.717) is 11.4 Å². The zero-order chi connectivity index (χ0) is 13.9. The van der Waals surface area contributed by atoms with E-state index in [1.807, 2.05) is 12.1 Å². The summed E-state index contributed by atoms with van der Waals surface area (Å²) in [7, 11) is -2.95. The van der Waals surface area contributed by atoms with Crippen LogP contribution in [0.1, 0.15) is 6.42 Å². The van der Waals surface area contributed by atoms with Crippen LogP contribution in [0.25, 0.3) is 0 Å². The second kappa shape index (κ2) is 6.15. The molecule has 0 spiro atoms. The Bertz CT molecular complexity index is 557. The fourth-order valence-corrected chi connectivity index (χ4v) is 4.37. The highest BCUT2D eigenvalue weighted by molar-refractivity contribution is 8.00. The van der Waals surface area contributed by atoms with Gasteiger partial charge in [-0.3, -0.25) is 4.79 Å². The number of amides is 1. The quantitative estimate of drug-likeness (QED) is 0.859. The van der Waals surface area contributed by atoms with E-state index in [9.17, 15) is 13.2 Å². The zero-order valence-electron chi connectivity index (χ0n) is 10.1. The third-order valence-electron chi connectivity index (χ3n) is 2.78. The number of thioether (sulfide) groups is 1. The van der Waals surface area contributed by atoms with Gasteiger partial charge in [0.2, 0.25) is 5.91 Å². The lowest BCUT2D eigenvalue weighted by molar-refractivity contribution is -0.119. The minimum atomic E-state index is -2.95. The van der Waals surface area contributed by atoms with Crippen LogP contribution in [0.3, 0.4) is 0 Å².